The molecule has 4 aliphatic rings. The number of rotatable bonds is 5. The second-order valence-electron chi connectivity index (χ2n) is 9.02. The lowest BCUT2D eigenvalue weighted by molar-refractivity contribution is -0.156. The summed E-state index contributed by atoms with van der Waals surface area (Å²) < 4.78 is 5.49. The van der Waals surface area contributed by atoms with Gasteiger partial charge in [-0.1, -0.05) is 0 Å². The molecule has 4 rings (SSSR count). The number of amides is 1. The molecule has 4 saturated carbocycles. The average molecular weight is 323 g/mol. The summed E-state index contributed by atoms with van der Waals surface area (Å²) in [5, 5.41) is 12.5. The van der Waals surface area contributed by atoms with Gasteiger partial charge in [-0.05, 0) is 77.0 Å². The zero-order valence-electron chi connectivity index (χ0n) is 14.4. The third kappa shape index (κ3) is 3.54. The lowest BCUT2D eigenvalue weighted by atomic mass is 9.47. The second-order valence-corrected chi connectivity index (χ2v) is 9.02. The largest absolute Gasteiger partial charge is 0.480 e. The van der Waals surface area contributed by atoms with Crippen molar-refractivity contribution in [2.45, 2.75) is 70.9 Å². The molecule has 4 aliphatic carbocycles. The lowest BCUT2D eigenvalue weighted by Crippen LogP contribution is -2.60. The standard InChI is InChI=1S/C18H29NO4/c1-17(2,3)23-10-14(20)19-15(16(21)22)18-7-11-4-12(8-18)6-13(5-11)9-18/h11-13,15H,4-10H2,1-3H3,(H,19,20)(H,21,22). The van der Waals surface area contributed by atoms with E-state index in [-0.39, 0.29) is 17.9 Å². The summed E-state index contributed by atoms with van der Waals surface area (Å²) >= 11 is 0. The molecular formula is C18H29NO4. The summed E-state index contributed by atoms with van der Waals surface area (Å²) in [6.07, 6.45) is 6.63. The van der Waals surface area contributed by atoms with E-state index in [0.29, 0.717) is 17.8 Å². The van der Waals surface area contributed by atoms with Crippen LogP contribution in [0.15, 0.2) is 0 Å². The molecule has 130 valence electrons. The first kappa shape index (κ1) is 16.7. The van der Waals surface area contributed by atoms with E-state index in [4.69, 9.17) is 4.74 Å². The molecular weight excluding hydrogens is 294 g/mol. The molecule has 0 aromatic carbocycles. The van der Waals surface area contributed by atoms with Crippen molar-refractivity contribution in [1.29, 1.82) is 0 Å². The van der Waals surface area contributed by atoms with E-state index in [0.717, 1.165) is 19.3 Å². The van der Waals surface area contributed by atoms with Gasteiger partial charge in [0.25, 0.3) is 0 Å². The fraction of sp³-hybridized carbons (Fsp3) is 0.889. The van der Waals surface area contributed by atoms with E-state index in [2.05, 4.69) is 5.32 Å². The zero-order chi connectivity index (χ0) is 16.8. The van der Waals surface area contributed by atoms with E-state index >= 15 is 0 Å². The van der Waals surface area contributed by atoms with Crippen molar-refractivity contribution in [3.8, 4) is 0 Å². The van der Waals surface area contributed by atoms with Crippen molar-refractivity contribution in [3.63, 3.8) is 0 Å². The molecule has 0 spiro atoms. The van der Waals surface area contributed by atoms with Crippen molar-refractivity contribution in [3.05, 3.63) is 0 Å². The molecule has 4 bridgehead atoms. The minimum Gasteiger partial charge on any atom is -0.480 e. The van der Waals surface area contributed by atoms with Gasteiger partial charge in [-0.15, -0.1) is 0 Å². The maximum atomic E-state index is 12.2. The number of hydrogen-bond acceptors (Lipinski definition) is 3. The van der Waals surface area contributed by atoms with Gasteiger partial charge in [0.15, 0.2) is 0 Å². The van der Waals surface area contributed by atoms with Crippen LogP contribution in [-0.2, 0) is 14.3 Å². The predicted octanol–water partition coefficient (Wildman–Crippen LogP) is 2.59. The monoisotopic (exact) mass is 323 g/mol. The van der Waals surface area contributed by atoms with Crippen LogP contribution in [0.1, 0.15) is 59.3 Å². The zero-order valence-corrected chi connectivity index (χ0v) is 14.4. The molecule has 1 amide bonds. The third-order valence-electron chi connectivity index (χ3n) is 5.89. The summed E-state index contributed by atoms with van der Waals surface area (Å²) in [6, 6.07) is -0.771. The SMILES string of the molecule is CC(C)(C)OCC(=O)NC(C(=O)O)C12CC3CC(CC(C3)C1)C2. The molecule has 0 aromatic rings. The fourth-order valence-electron chi connectivity index (χ4n) is 5.49. The van der Waals surface area contributed by atoms with Crippen LogP contribution in [0.2, 0.25) is 0 Å². The molecule has 0 heterocycles. The highest BCUT2D eigenvalue weighted by atomic mass is 16.5. The van der Waals surface area contributed by atoms with Gasteiger partial charge in [0.1, 0.15) is 12.6 Å². The average Bonchev–Trinajstić information content (AvgIpc) is 2.39. The Morgan fingerprint density at radius 1 is 1.13 bits per heavy atom. The lowest BCUT2D eigenvalue weighted by Gasteiger charge is -2.58. The van der Waals surface area contributed by atoms with Crippen LogP contribution in [0.25, 0.3) is 0 Å². The first-order valence-electron chi connectivity index (χ1n) is 8.83. The predicted molar refractivity (Wildman–Crippen MR) is 85.9 cm³/mol. The minimum atomic E-state index is -0.893. The van der Waals surface area contributed by atoms with Crippen LogP contribution in [-0.4, -0.2) is 35.2 Å². The number of carbonyl (C=O) groups is 2. The Morgan fingerprint density at radius 3 is 2.00 bits per heavy atom. The Morgan fingerprint density at radius 2 is 1.61 bits per heavy atom. The van der Waals surface area contributed by atoms with Gasteiger partial charge in [-0.25, -0.2) is 4.79 Å². The Labute approximate surface area is 138 Å². The molecule has 1 unspecified atom stereocenters. The second kappa shape index (κ2) is 5.76. The van der Waals surface area contributed by atoms with Crippen molar-refractivity contribution in [2.75, 3.05) is 6.61 Å². The van der Waals surface area contributed by atoms with Crippen molar-refractivity contribution < 1.29 is 19.4 Å². The molecule has 4 fully saturated rings. The summed E-state index contributed by atoms with van der Waals surface area (Å²) in [5.41, 5.74) is -0.644. The van der Waals surface area contributed by atoms with Crippen molar-refractivity contribution in [2.24, 2.45) is 23.2 Å². The normalized spacial score (nSPS) is 36.7. The first-order valence-corrected chi connectivity index (χ1v) is 8.83. The number of hydrogen-bond donors (Lipinski definition) is 2. The summed E-state index contributed by atoms with van der Waals surface area (Å²) in [6.45, 7) is 5.57. The van der Waals surface area contributed by atoms with E-state index in [1.54, 1.807) is 0 Å². The van der Waals surface area contributed by atoms with Crippen LogP contribution in [0.5, 0.6) is 0 Å². The molecule has 0 aromatic heterocycles. The molecule has 23 heavy (non-hydrogen) atoms. The van der Waals surface area contributed by atoms with Gasteiger partial charge in [0, 0.05) is 5.41 Å². The minimum absolute atomic E-state index is 0.0837. The summed E-state index contributed by atoms with van der Waals surface area (Å²) in [4.78, 5) is 24.1. The topological polar surface area (TPSA) is 75.6 Å². The van der Waals surface area contributed by atoms with E-state index in [9.17, 15) is 14.7 Å². The van der Waals surface area contributed by atoms with Crippen LogP contribution in [0.3, 0.4) is 0 Å². The highest BCUT2D eigenvalue weighted by molar-refractivity contribution is 5.85. The number of carboxylic acid groups (broad SMARTS) is 1. The molecule has 0 aliphatic heterocycles. The number of nitrogens with one attached hydrogen (secondary N) is 1. The Balaban J connectivity index is 1.70. The van der Waals surface area contributed by atoms with Crippen molar-refractivity contribution >= 4 is 11.9 Å². The first-order chi connectivity index (χ1) is 10.7. The van der Waals surface area contributed by atoms with Crippen LogP contribution >= 0.6 is 0 Å². The maximum absolute atomic E-state index is 12.2. The quantitative estimate of drug-likeness (QED) is 0.815. The van der Waals surface area contributed by atoms with Gasteiger partial charge in [-0.3, -0.25) is 4.79 Å². The number of carbonyl (C=O) groups excluding carboxylic acids is 1. The number of aliphatic carboxylic acids is 1. The Kier molecular flexibility index (Phi) is 4.20. The summed E-state index contributed by atoms with van der Waals surface area (Å²) in [5.74, 6) is 0.765. The smallest absolute Gasteiger partial charge is 0.326 e. The van der Waals surface area contributed by atoms with E-state index in [1.165, 1.54) is 19.3 Å². The summed E-state index contributed by atoms with van der Waals surface area (Å²) in [7, 11) is 0. The number of ether oxygens (including phenoxy) is 1. The molecule has 5 heteroatoms. The van der Waals surface area contributed by atoms with Gasteiger partial charge in [0.05, 0.1) is 5.60 Å². The maximum Gasteiger partial charge on any atom is 0.326 e. The Bertz CT molecular complexity index is 458. The van der Waals surface area contributed by atoms with Crippen LogP contribution in [0, 0.1) is 23.2 Å². The Hall–Kier alpha value is -1.10. The third-order valence-corrected chi connectivity index (χ3v) is 5.89. The highest BCUT2D eigenvalue weighted by Gasteiger charge is 2.56. The molecule has 0 saturated heterocycles. The van der Waals surface area contributed by atoms with Gasteiger partial charge in [0.2, 0.25) is 5.91 Å². The van der Waals surface area contributed by atoms with E-state index in [1.807, 2.05) is 20.8 Å². The molecule has 0 radical (unpaired) electrons. The van der Waals surface area contributed by atoms with Gasteiger partial charge >= 0.3 is 5.97 Å². The van der Waals surface area contributed by atoms with Gasteiger partial charge < -0.3 is 15.2 Å². The van der Waals surface area contributed by atoms with Gasteiger partial charge in [-0.2, -0.15) is 0 Å². The molecule has 5 nitrogen and oxygen atoms in total. The van der Waals surface area contributed by atoms with E-state index < -0.39 is 17.6 Å². The highest BCUT2D eigenvalue weighted by Crippen LogP contribution is 2.61. The fourth-order valence-corrected chi connectivity index (χ4v) is 5.49. The van der Waals surface area contributed by atoms with Crippen LogP contribution in [0.4, 0.5) is 0 Å². The van der Waals surface area contributed by atoms with Crippen molar-refractivity contribution in [1.82, 2.24) is 5.32 Å². The number of carboxylic acids is 1. The molecule has 1 atom stereocenters. The molecule has 2 N–H and O–H groups in total. The van der Waals surface area contributed by atoms with Crippen LogP contribution < -0.4 is 5.32 Å².